The van der Waals surface area contributed by atoms with E-state index < -0.39 is 18.3 Å². The van der Waals surface area contributed by atoms with Crippen LogP contribution in [0.15, 0.2) is 9.98 Å². The molecule has 0 aromatic heterocycles. The number of rotatable bonds is 12. The summed E-state index contributed by atoms with van der Waals surface area (Å²) in [6.45, 7) is 0.647. The number of hydrogen-bond acceptors (Lipinski definition) is 9. The van der Waals surface area contributed by atoms with Crippen LogP contribution in [0.3, 0.4) is 0 Å². The van der Waals surface area contributed by atoms with E-state index in [0.717, 1.165) is 18.6 Å². The van der Waals surface area contributed by atoms with Crippen molar-refractivity contribution in [3.63, 3.8) is 0 Å². The van der Waals surface area contributed by atoms with Gasteiger partial charge >= 0.3 is 8.80 Å². The highest BCUT2D eigenvalue weighted by atomic mass is 32.1. The number of ether oxygens (including phenoxy) is 2. The second-order valence-corrected chi connectivity index (χ2v) is 9.18. The molecule has 0 unspecified atom stereocenters. The fourth-order valence-electron chi connectivity index (χ4n) is 1.52. The van der Waals surface area contributed by atoms with E-state index in [1.54, 1.807) is 35.5 Å². The van der Waals surface area contributed by atoms with Gasteiger partial charge in [-0.1, -0.05) is 0 Å². The summed E-state index contributed by atoms with van der Waals surface area (Å²) < 4.78 is 25.6. The Morgan fingerprint density at radius 1 is 0.957 bits per heavy atom. The maximum atomic E-state index is 5.22. The summed E-state index contributed by atoms with van der Waals surface area (Å²) >= 11 is 8.85. The Balaban J connectivity index is 0. The van der Waals surface area contributed by atoms with Crippen LogP contribution >= 0.6 is 24.4 Å². The number of hydrogen-bond donors (Lipinski definition) is 0. The van der Waals surface area contributed by atoms with Crippen LogP contribution in [0.5, 0.6) is 0 Å². The standard InChI is InChI=1S/C7H15NO3SSi.C5H11NO2SSi/c1-9-13(10-2,11-3)6-4-5-8-7-12;1-7-5(8-2)10-4-6-3-9/h4-6H2,1-3H3;5H,4,10H2,1-2H3. The molecule has 7 nitrogen and oxygen atoms in total. The normalized spacial score (nSPS) is 10.9. The molecule has 0 rings (SSSR count). The monoisotopic (exact) mass is 398 g/mol. The summed E-state index contributed by atoms with van der Waals surface area (Å²) in [6.07, 6.45) is 1.58. The lowest BCUT2D eigenvalue weighted by atomic mass is 10.5. The summed E-state index contributed by atoms with van der Waals surface area (Å²) in [5, 5.41) is 4.61. The van der Waals surface area contributed by atoms with Crippen molar-refractivity contribution in [3.05, 3.63) is 0 Å². The van der Waals surface area contributed by atoms with E-state index in [4.69, 9.17) is 22.8 Å². The third kappa shape index (κ3) is 13.9. The molecular weight excluding hydrogens is 372 g/mol. The molecule has 0 bridgehead atoms. The third-order valence-corrected chi connectivity index (χ3v) is 7.53. The lowest BCUT2D eigenvalue weighted by Gasteiger charge is -2.23. The molecule has 0 saturated carbocycles. The minimum atomic E-state index is -2.39. The van der Waals surface area contributed by atoms with E-state index in [1.165, 1.54) is 0 Å². The Morgan fingerprint density at radius 2 is 1.48 bits per heavy atom. The van der Waals surface area contributed by atoms with Crippen LogP contribution in [0.2, 0.25) is 6.04 Å². The molecule has 23 heavy (non-hydrogen) atoms. The van der Waals surface area contributed by atoms with E-state index in [2.05, 4.69) is 44.7 Å². The molecule has 0 amide bonds. The Hall–Kier alpha value is -0.166. The van der Waals surface area contributed by atoms with Crippen molar-refractivity contribution in [2.45, 2.75) is 18.4 Å². The third-order valence-electron chi connectivity index (χ3n) is 2.82. The molecule has 0 aliphatic rings. The minimum Gasteiger partial charge on any atom is -0.377 e. The van der Waals surface area contributed by atoms with Gasteiger partial charge in [-0.2, -0.15) is 0 Å². The van der Waals surface area contributed by atoms with Crippen molar-refractivity contribution in [3.8, 4) is 0 Å². The highest BCUT2D eigenvalue weighted by molar-refractivity contribution is 7.78. The molecule has 0 N–H and O–H groups in total. The Bertz CT molecular complexity index is 364. The average molecular weight is 399 g/mol. The predicted octanol–water partition coefficient (Wildman–Crippen LogP) is 1.15. The van der Waals surface area contributed by atoms with Gasteiger partial charge in [0.15, 0.2) is 0 Å². The summed E-state index contributed by atoms with van der Waals surface area (Å²) in [7, 11) is 5.24. The highest BCUT2D eigenvalue weighted by Crippen LogP contribution is 2.14. The van der Waals surface area contributed by atoms with Gasteiger partial charge in [0.1, 0.15) is 15.4 Å². The second-order valence-electron chi connectivity index (χ2n) is 4.03. The quantitative estimate of drug-likeness (QED) is 0.161. The van der Waals surface area contributed by atoms with Crippen LogP contribution in [-0.2, 0) is 22.8 Å². The van der Waals surface area contributed by atoms with Crippen LogP contribution in [0, 0.1) is 0 Å². The number of aliphatic imine (C=N–C) groups is 2. The van der Waals surface area contributed by atoms with E-state index in [0.29, 0.717) is 6.54 Å². The van der Waals surface area contributed by atoms with Crippen LogP contribution in [0.25, 0.3) is 0 Å². The molecule has 0 aromatic rings. The molecule has 0 radical (unpaired) electrons. The van der Waals surface area contributed by atoms with Gasteiger partial charge < -0.3 is 22.8 Å². The van der Waals surface area contributed by atoms with E-state index in [-0.39, 0.29) is 5.91 Å². The summed E-state index contributed by atoms with van der Waals surface area (Å²) in [5.74, 6) is -0.0351. The average Bonchev–Trinajstić information content (AvgIpc) is 2.60. The van der Waals surface area contributed by atoms with Crippen LogP contribution in [0.4, 0.5) is 0 Å². The zero-order valence-electron chi connectivity index (χ0n) is 14.4. The molecule has 0 atom stereocenters. The van der Waals surface area contributed by atoms with Gasteiger partial charge in [0.05, 0.1) is 10.3 Å². The lowest BCUT2D eigenvalue weighted by molar-refractivity contribution is -0.0439. The molecule has 0 heterocycles. The molecule has 0 aromatic carbocycles. The van der Waals surface area contributed by atoms with Crippen molar-refractivity contribution in [2.24, 2.45) is 9.98 Å². The second kappa shape index (κ2) is 18.2. The first-order valence-electron chi connectivity index (χ1n) is 6.87. The first-order chi connectivity index (χ1) is 11.1. The van der Waals surface area contributed by atoms with Crippen LogP contribution in [-0.4, -0.2) is 82.8 Å². The molecular formula is C12H26N2O5S2Si2. The number of methoxy groups -OCH3 is 2. The van der Waals surface area contributed by atoms with Gasteiger partial charge in [0.25, 0.3) is 0 Å². The van der Waals surface area contributed by atoms with Gasteiger partial charge in [-0.25, -0.2) is 9.98 Å². The molecule has 0 spiro atoms. The van der Waals surface area contributed by atoms with Gasteiger partial charge in [0, 0.05) is 54.3 Å². The van der Waals surface area contributed by atoms with Crippen molar-refractivity contribution in [1.82, 2.24) is 0 Å². The molecule has 11 heteroatoms. The van der Waals surface area contributed by atoms with Crippen LogP contribution < -0.4 is 0 Å². The number of nitrogens with zero attached hydrogens (tertiary/aromatic N) is 2. The Labute approximate surface area is 152 Å². The number of isothiocyanates is 2. The van der Waals surface area contributed by atoms with E-state index in [1.807, 2.05) is 0 Å². The number of thiocarbonyl (C=S) groups is 2. The van der Waals surface area contributed by atoms with Crippen molar-refractivity contribution in [1.29, 1.82) is 0 Å². The van der Waals surface area contributed by atoms with Crippen molar-refractivity contribution < 1.29 is 22.8 Å². The topological polar surface area (TPSA) is 70.9 Å². The fourth-order valence-corrected chi connectivity index (χ4v) is 4.50. The first kappa shape index (κ1) is 25.1. The van der Waals surface area contributed by atoms with Gasteiger partial charge in [-0.3, -0.25) is 0 Å². The van der Waals surface area contributed by atoms with Gasteiger partial charge in [-0.05, 0) is 30.9 Å². The smallest absolute Gasteiger partial charge is 0.377 e. The maximum Gasteiger partial charge on any atom is 0.500 e. The molecule has 134 valence electrons. The van der Waals surface area contributed by atoms with Gasteiger partial charge in [-0.15, -0.1) is 0 Å². The summed E-state index contributed by atoms with van der Waals surface area (Å²) in [6, 6.07) is 0.747. The predicted molar refractivity (Wildman–Crippen MR) is 102 cm³/mol. The van der Waals surface area contributed by atoms with Crippen molar-refractivity contribution >= 4 is 53.1 Å². The highest BCUT2D eigenvalue weighted by Gasteiger charge is 2.36. The molecule has 0 aliphatic heterocycles. The van der Waals surface area contributed by atoms with Crippen LogP contribution in [0.1, 0.15) is 6.42 Å². The molecule has 0 saturated heterocycles. The Morgan fingerprint density at radius 3 is 1.87 bits per heavy atom. The zero-order chi connectivity index (χ0) is 18.0. The van der Waals surface area contributed by atoms with E-state index >= 15 is 0 Å². The molecule has 0 aliphatic carbocycles. The van der Waals surface area contributed by atoms with Crippen molar-refractivity contribution in [2.75, 3.05) is 48.3 Å². The summed E-state index contributed by atoms with van der Waals surface area (Å²) in [4.78, 5) is 7.57. The zero-order valence-corrected chi connectivity index (χ0v) is 18.4. The SMILES string of the molecule is COC(OC)[SiH2]CN=C=S.CO[Si](CCCN=C=S)(OC)OC. The fraction of sp³-hybridized carbons (Fsp3) is 0.833. The van der Waals surface area contributed by atoms with E-state index in [9.17, 15) is 0 Å². The minimum absolute atomic E-state index is 0.0351. The Kier molecular flexibility index (Phi) is 19.8. The van der Waals surface area contributed by atoms with Gasteiger partial charge in [0.2, 0.25) is 0 Å². The lowest BCUT2D eigenvalue weighted by Crippen LogP contribution is -2.42. The summed E-state index contributed by atoms with van der Waals surface area (Å²) in [5.41, 5.74) is 0. The largest absolute Gasteiger partial charge is 0.500 e. The first-order valence-corrected chi connectivity index (χ1v) is 11.4. The maximum absolute atomic E-state index is 5.22. The molecule has 0 fully saturated rings.